The molecule has 0 bridgehead atoms. The Hall–Kier alpha value is -0.570. The fraction of sp³-hybridized carbons (Fsp3) is 0.917. The summed E-state index contributed by atoms with van der Waals surface area (Å²) < 4.78 is 0. The molecule has 86 valence electrons. The SMILES string of the molecule is CC(C)CC1NCN(C2CC2(C)C)C1=O. The number of nitrogens with zero attached hydrogens (tertiary/aromatic N) is 1. The molecule has 0 aromatic rings. The van der Waals surface area contributed by atoms with Gasteiger partial charge in [-0.2, -0.15) is 0 Å². The summed E-state index contributed by atoms with van der Waals surface area (Å²) in [7, 11) is 0. The van der Waals surface area contributed by atoms with Gasteiger partial charge in [0.1, 0.15) is 0 Å². The van der Waals surface area contributed by atoms with Crippen LogP contribution < -0.4 is 5.32 Å². The van der Waals surface area contributed by atoms with Crippen LogP contribution in [0, 0.1) is 11.3 Å². The van der Waals surface area contributed by atoms with E-state index in [0.717, 1.165) is 19.5 Å². The Labute approximate surface area is 92.2 Å². The standard InChI is InChI=1S/C12H22N2O/c1-8(2)5-9-11(15)14(7-13-9)10-6-12(10,3)4/h8-10,13H,5-7H2,1-4H3. The van der Waals surface area contributed by atoms with Gasteiger partial charge in [0.15, 0.2) is 0 Å². The average Bonchev–Trinajstić information content (AvgIpc) is 2.57. The molecule has 1 N–H and O–H groups in total. The van der Waals surface area contributed by atoms with Crippen molar-refractivity contribution in [2.45, 2.75) is 52.6 Å². The number of amides is 1. The second-order valence-electron chi connectivity index (χ2n) is 6.06. The molecule has 0 spiro atoms. The van der Waals surface area contributed by atoms with Gasteiger partial charge in [0, 0.05) is 6.04 Å². The van der Waals surface area contributed by atoms with E-state index in [1.54, 1.807) is 0 Å². The predicted molar refractivity (Wildman–Crippen MR) is 60.3 cm³/mol. The highest BCUT2D eigenvalue weighted by molar-refractivity contribution is 5.84. The summed E-state index contributed by atoms with van der Waals surface area (Å²) in [6, 6.07) is 0.552. The Morgan fingerprint density at radius 1 is 1.53 bits per heavy atom. The number of carbonyl (C=O) groups is 1. The van der Waals surface area contributed by atoms with Gasteiger partial charge >= 0.3 is 0 Å². The Balaban J connectivity index is 1.93. The minimum absolute atomic E-state index is 0.0707. The van der Waals surface area contributed by atoms with Crippen molar-refractivity contribution in [3.63, 3.8) is 0 Å². The molecule has 2 unspecified atom stereocenters. The average molecular weight is 210 g/mol. The molecule has 0 radical (unpaired) electrons. The molecule has 1 heterocycles. The molecule has 1 saturated heterocycles. The van der Waals surface area contributed by atoms with E-state index in [-0.39, 0.29) is 6.04 Å². The van der Waals surface area contributed by atoms with Crippen LogP contribution >= 0.6 is 0 Å². The van der Waals surface area contributed by atoms with Crippen molar-refractivity contribution in [2.75, 3.05) is 6.67 Å². The second kappa shape index (κ2) is 3.48. The van der Waals surface area contributed by atoms with Gasteiger partial charge in [-0.05, 0) is 24.2 Å². The van der Waals surface area contributed by atoms with E-state index in [9.17, 15) is 4.79 Å². The lowest BCUT2D eigenvalue weighted by Gasteiger charge is -2.17. The quantitative estimate of drug-likeness (QED) is 0.767. The van der Waals surface area contributed by atoms with Gasteiger partial charge < -0.3 is 4.90 Å². The maximum Gasteiger partial charge on any atom is 0.241 e. The van der Waals surface area contributed by atoms with Crippen LogP contribution in [0.4, 0.5) is 0 Å². The molecule has 1 saturated carbocycles. The highest BCUT2D eigenvalue weighted by atomic mass is 16.2. The van der Waals surface area contributed by atoms with Crippen molar-refractivity contribution in [3.05, 3.63) is 0 Å². The van der Waals surface area contributed by atoms with Gasteiger partial charge in [0.2, 0.25) is 5.91 Å². The smallest absolute Gasteiger partial charge is 0.241 e. The summed E-state index contributed by atoms with van der Waals surface area (Å²) in [4.78, 5) is 14.1. The Kier molecular flexibility index (Phi) is 2.53. The van der Waals surface area contributed by atoms with Gasteiger partial charge in [0.25, 0.3) is 0 Å². The number of hydrogen-bond donors (Lipinski definition) is 1. The molecule has 3 nitrogen and oxygen atoms in total. The largest absolute Gasteiger partial charge is 0.325 e. The van der Waals surface area contributed by atoms with Gasteiger partial charge in [-0.1, -0.05) is 27.7 Å². The highest BCUT2D eigenvalue weighted by Crippen LogP contribution is 2.49. The van der Waals surface area contributed by atoms with E-state index in [2.05, 4.69) is 33.0 Å². The van der Waals surface area contributed by atoms with E-state index in [1.807, 2.05) is 4.90 Å². The van der Waals surface area contributed by atoms with Crippen LogP contribution in [-0.4, -0.2) is 29.6 Å². The van der Waals surface area contributed by atoms with Crippen LogP contribution in [0.1, 0.15) is 40.5 Å². The minimum Gasteiger partial charge on any atom is -0.325 e. The third-order valence-electron chi connectivity index (χ3n) is 3.63. The van der Waals surface area contributed by atoms with Crippen molar-refractivity contribution in [1.82, 2.24) is 10.2 Å². The summed E-state index contributed by atoms with van der Waals surface area (Å²) in [5.41, 5.74) is 0.351. The van der Waals surface area contributed by atoms with Crippen LogP contribution in [0.3, 0.4) is 0 Å². The number of rotatable bonds is 3. The number of hydrogen-bond acceptors (Lipinski definition) is 2. The minimum atomic E-state index is 0.0707. The molecule has 0 aromatic heterocycles. The van der Waals surface area contributed by atoms with Crippen LogP contribution in [0.25, 0.3) is 0 Å². The molecular formula is C12H22N2O. The number of carbonyl (C=O) groups excluding carboxylic acids is 1. The normalized spacial score (nSPS) is 33.9. The maximum absolute atomic E-state index is 12.1. The molecule has 15 heavy (non-hydrogen) atoms. The molecule has 1 aliphatic heterocycles. The molecule has 2 atom stereocenters. The fourth-order valence-electron chi connectivity index (χ4n) is 2.46. The fourth-order valence-corrected chi connectivity index (χ4v) is 2.46. The topological polar surface area (TPSA) is 32.3 Å². The van der Waals surface area contributed by atoms with Crippen molar-refractivity contribution in [2.24, 2.45) is 11.3 Å². The summed E-state index contributed by atoms with van der Waals surface area (Å²) in [5, 5.41) is 3.32. The molecule has 2 rings (SSSR count). The van der Waals surface area contributed by atoms with Gasteiger partial charge in [-0.25, -0.2) is 0 Å². The zero-order valence-corrected chi connectivity index (χ0v) is 10.2. The second-order valence-corrected chi connectivity index (χ2v) is 6.06. The first-order chi connectivity index (χ1) is 6.92. The maximum atomic E-state index is 12.1. The molecule has 2 aliphatic rings. The van der Waals surface area contributed by atoms with Gasteiger partial charge in [0.05, 0.1) is 12.7 Å². The lowest BCUT2D eigenvalue weighted by atomic mass is 10.0. The Bertz CT molecular complexity index is 273. The lowest BCUT2D eigenvalue weighted by molar-refractivity contribution is -0.130. The summed E-state index contributed by atoms with van der Waals surface area (Å²) in [5.74, 6) is 0.901. The Morgan fingerprint density at radius 2 is 2.13 bits per heavy atom. The van der Waals surface area contributed by atoms with E-state index < -0.39 is 0 Å². The van der Waals surface area contributed by atoms with E-state index >= 15 is 0 Å². The summed E-state index contributed by atoms with van der Waals surface area (Å²) >= 11 is 0. The third kappa shape index (κ3) is 2.03. The Morgan fingerprint density at radius 3 is 2.60 bits per heavy atom. The molecule has 1 amide bonds. The van der Waals surface area contributed by atoms with Crippen molar-refractivity contribution in [3.8, 4) is 0 Å². The lowest BCUT2D eigenvalue weighted by Crippen LogP contribution is -2.34. The van der Waals surface area contributed by atoms with Crippen LogP contribution in [0.2, 0.25) is 0 Å². The molecule has 0 aromatic carbocycles. The van der Waals surface area contributed by atoms with E-state index in [1.165, 1.54) is 0 Å². The molecular weight excluding hydrogens is 188 g/mol. The van der Waals surface area contributed by atoms with Gasteiger partial charge in [-0.3, -0.25) is 10.1 Å². The van der Waals surface area contributed by atoms with Crippen LogP contribution in [-0.2, 0) is 4.79 Å². The highest BCUT2D eigenvalue weighted by Gasteiger charge is 2.53. The van der Waals surface area contributed by atoms with E-state index in [0.29, 0.717) is 23.3 Å². The van der Waals surface area contributed by atoms with Crippen LogP contribution in [0.5, 0.6) is 0 Å². The van der Waals surface area contributed by atoms with Crippen molar-refractivity contribution >= 4 is 5.91 Å². The zero-order chi connectivity index (χ0) is 11.2. The predicted octanol–water partition coefficient (Wildman–Crippen LogP) is 1.59. The van der Waals surface area contributed by atoms with Gasteiger partial charge in [-0.15, -0.1) is 0 Å². The number of nitrogens with one attached hydrogen (secondary N) is 1. The summed E-state index contributed by atoms with van der Waals surface area (Å²) in [6.45, 7) is 9.56. The zero-order valence-electron chi connectivity index (χ0n) is 10.2. The molecule has 2 fully saturated rings. The van der Waals surface area contributed by atoms with Crippen LogP contribution in [0.15, 0.2) is 0 Å². The first-order valence-electron chi connectivity index (χ1n) is 5.95. The third-order valence-corrected chi connectivity index (χ3v) is 3.63. The first-order valence-corrected chi connectivity index (χ1v) is 5.95. The molecule has 3 heteroatoms. The monoisotopic (exact) mass is 210 g/mol. The first kappa shape index (κ1) is 10.9. The van der Waals surface area contributed by atoms with Crippen molar-refractivity contribution < 1.29 is 4.79 Å². The molecule has 1 aliphatic carbocycles. The summed E-state index contributed by atoms with van der Waals surface area (Å²) in [6.07, 6.45) is 2.12. The van der Waals surface area contributed by atoms with Crippen molar-refractivity contribution in [1.29, 1.82) is 0 Å². The van der Waals surface area contributed by atoms with E-state index in [4.69, 9.17) is 0 Å².